The second-order valence-corrected chi connectivity index (χ2v) is 4.55. The molecule has 2 rings (SSSR count). The molecular weight excluding hydrogens is 150 g/mol. The molecule has 0 aromatic heterocycles. The molecular formula is C10H19NO. The number of β-amino-alcohol motifs (C(OH)–C–C–N with tert-alkyl or cyclic N) is 1. The van der Waals surface area contributed by atoms with Crippen LogP contribution < -0.4 is 0 Å². The van der Waals surface area contributed by atoms with Gasteiger partial charge in [0.05, 0.1) is 5.60 Å². The summed E-state index contributed by atoms with van der Waals surface area (Å²) in [5, 5.41) is 9.86. The van der Waals surface area contributed by atoms with Gasteiger partial charge in [-0.25, -0.2) is 0 Å². The van der Waals surface area contributed by atoms with E-state index in [0.29, 0.717) is 0 Å². The number of rotatable bonds is 3. The standard InChI is InChI=1S/C10H19NO/c1-2-9-6-11(7-9)8-10(12)4-3-5-10/h9,12H,2-8H2,1H3. The normalized spacial score (nSPS) is 29.5. The van der Waals surface area contributed by atoms with Crippen molar-refractivity contribution in [1.29, 1.82) is 0 Å². The van der Waals surface area contributed by atoms with Crippen LogP contribution in [0.25, 0.3) is 0 Å². The van der Waals surface area contributed by atoms with Gasteiger partial charge >= 0.3 is 0 Å². The van der Waals surface area contributed by atoms with E-state index in [1.165, 1.54) is 25.9 Å². The fourth-order valence-corrected chi connectivity index (χ4v) is 2.22. The molecule has 2 heteroatoms. The minimum absolute atomic E-state index is 0.293. The number of hydrogen-bond donors (Lipinski definition) is 1. The smallest absolute Gasteiger partial charge is 0.0774 e. The summed E-state index contributed by atoms with van der Waals surface area (Å²) in [5.74, 6) is 0.911. The molecule has 1 aliphatic heterocycles. The van der Waals surface area contributed by atoms with Gasteiger partial charge in [-0.1, -0.05) is 13.3 Å². The van der Waals surface area contributed by atoms with E-state index < -0.39 is 0 Å². The molecule has 0 radical (unpaired) electrons. The number of likely N-dealkylation sites (tertiary alicyclic amines) is 1. The van der Waals surface area contributed by atoms with Crippen LogP contribution in [0.1, 0.15) is 32.6 Å². The van der Waals surface area contributed by atoms with E-state index in [4.69, 9.17) is 0 Å². The van der Waals surface area contributed by atoms with Crippen LogP contribution in [0, 0.1) is 5.92 Å². The molecule has 1 heterocycles. The third-order valence-corrected chi connectivity index (χ3v) is 3.41. The average Bonchev–Trinajstić information content (AvgIpc) is 1.92. The van der Waals surface area contributed by atoms with E-state index in [1.807, 2.05) is 0 Å². The number of hydrogen-bond acceptors (Lipinski definition) is 2. The van der Waals surface area contributed by atoms with Crippen LogP contribution in [0.15, 0.2) is 0 Å². The molecule has 12 heavy (non-hydrogen) atoms. The highest BCUT2D eigenvalue weighted by molar-refractivity contribution is 4.93. The van der Waals surface area contributed by atoms with Crippen molar-refractivity contribution in [1.82, 2.24) is 4.90 Å². The summed E-state index contributed by atoms with van der Waals surface area (Å²) in [6, 6.07) is 0. The zero-order valence-electron chi connectivity index (χ0n) is 7.92. The SMILES string of the molecule is CCC1CN(CC2(O)CCC2)C1. The summed E-state index contributed by atoms with van der Waals surface area (Å²) in [6.45, 7) is 5.63. The Morgan fingerprint density at radius 2 is 2.08 bits per heavy atom. The first-order valence-electron chi connectivity index (χ1n) is 5.16. The van der Waals surface area contributed by atoms with Gasteiger partial charge in [0.1, 0.15) is 0 Å². The fraction of sp³-hybridized carbons (Fsp3) is 1.00. The zero-order chi connectivity index (χ0) is 8.60. The van der Waals surface area contributed by atoms with E-state index in [0.717, 1.165) is 25.3 Å². The first kappa shape index (κ1) is 8.52. The van der Waals surface area contributed by atoms with Crippen molar-refractivity contribution in [3.8, 4) is 0 Å². The maximum atomic E-state index is 9.86. The van der Waals surface area contributed by atoms with Gasteiger partial charge in [-0.15, -0.1) is 0 Å². The largest absolute Gasteiger partial charge is 0.389 e. The van der Waals surface area contributed by atoms with Crippen molar-refractivity contribution in [3.05, 3.63) is 0 Å². The molecule has 1 aliphatic carbocycles. The van der Waals surface area contributed by atoms with Crippen LogP contribution in [-0.2, 0) is 0 Å². The van der Waals surface area contributed by atoms with Crippen LogP contribution >= 0.6 is 0 Å². The lowest BCUT2D eigenvalue weighted by Crippen LogP contribution is -2.55. The van der Waals surface area contributed by atoms with Gasteiger partial charge in [-0.2, -0.15) is 0 Å². The third kappa shape index (κ3) is 1.50. The Labute approximate surface area is 74.6 Å². The summed E-state index contributed by atoms with van der Waals surface area (Å²) < 4.78 is 0. The van der Waals surface area contributed by atoms with Gasteiger partial charge in [-0.05, 0) is 25.2 Å². The van der Waals surface area contributed by atoms with Crippen LogP contribution in [0.5, 0.6) is 0 Å². The van der Waals surface area contributed by atoms with E-state index in [1.54, 1.807) is 0 Å². The minimum Gasteiger partial charge on any atom is -0.389 e. The van der Waals surface area contributed by atoms with E-state index in [2.05, 4.69) is 11.8 Å². The van der Waals surface area contributed by atoms with Crippen molar-refractivity contribution in [2.75, 3.05) is 19.6 Å². The highest BCUT2D eigenvalue weighted by atomic mass is 16.3. The molecule has 0 unspecified atom stereocenters. The lowest BCUT2D eigenvalue weighted by atomic mass is 9.79. The Balaban J connectivity index is 1.69. The first-order valence-corrected chi connectivity index (χ1v) is 5.16. The van der Waals surface area contributed by atoms with E-state index >= 15 is 0 Å². The van der Waals surface area contributed by atoms with Crippen molar-refractivity contribution >= 4 is 0 Å². The minimum atomic E-state index is -0.293. The van der Waals surface area contributed by atoms with Crippen LogP contribution in [0.4, 0.5) is 0 Å². The predicted molar refractivity (Wildman–Crippen MR) is 49.0 cm³/mol. The summed E-state index contributed by atoms with van der Waals surface area (Å²) in [5.41, 5.74) is -0.293. The Kier molecular flexibility index (Phi) is 2.13. The van der Waals surface area contributed by atoms with Crippen molar-refractivity contribution in [3.63, 3.8) is 0 Å². The van der Waals surface area contributed by atoms with Crippen molar-refractivity contribution < 1.29 is 5.11 Å². The Morgan fingerprint density at radius 3 is 2.50 bits per heavy atom. The summed E-state index contributed by atoms with van der Waals surface area (Å²) in [4.78, 5) is 2.40. The van der Waals surface area contributed by atoms with Crippen LogP contribution in [0.3, 0.4) is 0 Å². The van der Waals surface area contributed by atoms with Gasteiger partial charge in [0, 0.05) is 19.6 Å². The Morgan fingerprint density at radius 1 is 1.42 bits per heavy atom. The molecule has 0 bridgehead atoms. The van der Waals surface area contributed by atoms with Gasteiger partial charge in [0.15, 0.2) is 0 Å². The molecule has 0 aromatic carbocycles. The lowest BCUT2D eigenvalue weighted by molar-refractivity contribution is -0.0803. The number of aliphatic hydroxyl groups is 1. The fourth-order valence-electron chi connectivity index (χ4n) is 2.22. The van der Waals surface area contributed by atoms with E-state index in [-0.39, 0.29) is 5.60 Å². The second kappa shape index (κ2) is 3.00. The maximum absolute atomic E-state index is 9.86. The van der Waals surface area contributed by atoms with Gasteiger partial charge in [0.25, 0.3) is 0 Å². The molecule has 1 N–H and O–H groups in total. The highest BCUT2D eigenvalue weighted by Crippen LogP contribution is 2.34. The third-order valence-electron chi connectivity index (χ3n) is 3.41. The first-order chi connectivity index (χ1) is 5.72. The van der Waals surface area contributed by atoms with Crippen LogP contribution in [-0.4, -0.2) is 35.2 Å². The lowest BCUT2D eigenvalue weighted by Gasteiger charge is -2.46. The van der Waals surface area contributed by atoms with Crippen LogP contribution in [0.2, 0.25) is 0 Å². The molecule has 1 saturated carbocycles. The van der Waals surface area contributed by atoms with Crippen molar-refractivity contribution in [2.24, 2.45) is 5.92 Å². The molecule has 0 aromatic rings. The monoisotopic (exact) mass is 169 g/mol. The Bertz CT molecular complexity index is 159. The predicted octanol–water partition coefficient (Wildman–Crippen LogP) is 1.24. The molecule has 2 fully saturated rings. The molecule has 0 spiro atoms. The molecule has 0 amide bonds. The zero-order valence-corrected chi connectivity index (χ0v) is 7.92. The summed E-state index contributed by atoms with van der Waals surface area (Å²) in [7, 11) is 0. The number of nitrogens with zero attached hydrogens (tertiary/aromatic N) is 1. The molecule has 0 atom stereocenters. The topological polar surface area (TPSA) is 23.5 Å². The van der Waals surface area contributed by atoms with Crippen molar-refractivity contribution in [2.45, 2.75) is 38.2 Å². The molecule has 70 valence electrons. The van der Waals surface area contributed by atoms with Gasteiger partial charge in [-0.3, -0.25) is 4.90 Å². The average molecular weight is 169 g/mol. The van der Waals surface area contributed by atoms with E-state index in [9.17, 15) is 5.11 Å². The molecule has 2 nitrogen and oxygen atoms in total. The highest BCUT2D eigenvalue weighted by Gasteiger charge is 2.38. The Hall–Kier alpha value is -0.0800. The second-order valence-electron chi connectivity index (χ2n) is 4.55. The molecule has 2 aliphatic rings. The van der Waals surface area contributed by atoms with Gasteiger partial charge in [0.2, 0.25) is 0 Å². The summed E-state index contributed by atoms with van der Waals surface area (Å²) in [6.07, 6.45) is 4.58. The van der Waals surface area contributed by atoms with Gasteiger partial charge < -0.3 is 5.11 Å². The molecule has 1 saturated heterocycles. The quantitative estimate of drug-likeness (QED) is 0.687. The maximum Gasteiger partial charge on any atom is 0.0774 e. The summed E-state index contributed by atoms with van der Waals surface area (Å²) >= 11 is 0.